The van der Waals surface area contributed by atoms with Crippen molar-refractivity contribution in [1.29, 1.82) is 0 Å². The molecule has 0 bridgehead atoms. The first kappa shape index (κ1) is 17.7. The molecule has 1 N–H and O–H groups in total. The van der Waals surface area contributed by atoms with Gasteiger partial charge >= 0.3 is 17.9 Å². The first-order valence-corrected chi connectivity index (χ1v) is 6.15. The minimum Gasteiger partial charge on any atom is -0.455 e. The summed E-state index contributed by atoms with van der Waals surface area (Å²) >= 11 is 0. The Hall–Kier alpha value is -2.36. The van der Waals surface area contributed by atoms with Crippen molar-refractivity contribution in [3.05, 3.63) is 10.4 Å². The van der Waals surface area contributed by atoms with Gasteiger partial charge in [-0.3, -0.25) is 14.4 Å². The number of aliphatic hydroxyl groups excluding tert-OH is 1. The maximum Gasteiger partial charge on any atom is 0.305 e. The fourth-order valence-electron chi connectivity index (χ4n) is 1.91. The van der Waals surface area contributed by atoms with E-state index in [2.05, 4.69) is 10.0 Å². The van der Waals surface area contributed by atoms with Crippen LogP contribution in [0.2, 0.25) is 0 Å². The Balaban J connectivity index is 3.10. The molecule has 0 aromatic heterocycles. The van der Waals surface area contributed by atoms with E-state index < -0.39 is 48.7 Å². The Morgan fingerprint density at radius 1 is 1.09 bits per heavy atom. The highest BCUT2D eigenvalue weighted by atomic mass is 16.7. The van der Waals surface area contributed by atoms with E-state index in [1.165, 1.54) is 0 Å². The van der Waals surface area contributed by atoms with Gasteiger partial charge in [0.05, 0.1) is 0 Å². The zero-order chi connectivity index (χ0) is 16.9. The van der Waals surface area contributed by atoms with E-state index in [1.807, 2.05) is 0 Å². The quantitative estimate of drug-likeness (QED) is 0.239. The van der Waals surface area contributed by atoms with Crippen LogP contribution in [0.15, 0.2) is 5.11 Å². The summed E-state index contributed by atoms with van der Waals surface area (Å²) in [4.78, 5) is 35.8. The summed E-state index contributed by atoms with van der Waals surface area (Å²) in [6.45, 7) is 3.26. The van der Waals surface area contributed by atoms with Crippen LogP contribution in [0.25, 0.3) is 10.4 Å². The normalized spacial score (nSPS) is 28.2. The van der Waals surface area contributed by atoms with Crippen molar-refractivity contribution in [2.45, 2.75) is 51.6 Å². The molecule has 1 saturated heterocycles. The molecular weight excluding hydrogens is 302 g/mol. The molecule has 5 atom stereocenters. The van der Waals surface area contributed by atoms with E-state index in [9.17, 15) is 19.5 Å². The monoisotopic (exact) mass is 317 g/mol. The lowest BCUT2D eigenvalue weighted by Gasteiger charge is -2.23. The number of carbonyl (C=O) groups excluding carboxylic acids is 3. The zero-order valence-electron chi connectivity index (χ0n) is 12.0. The molecule has 11 heteroatoms. The number of hydrogen-bond acceptors (Lipinski definition) is 9. The number of nitrogens with zero attached hydrogens (tertiary/aromatic N) is 3. The second-order valence-electron chi connectivity index (χ2n) is 4.35. The summed E-state index contributed by atoms with van der Waals surface area (Å²) in [7, 11) is 0. The van der Waals surface area contributed by atoms with Crippen LogP contribution in [0, 0.1) is 0 Å². The van der Waals surface area contributed by atoms with Gasteiger partial charge in [-0.1, -0.05) is 5.11 Å². The third kappa shape index (κ3) is 4.58. The van der Waals surface area contributed by atoms with Gasteiger partial charge < -0.3 is 24.1 Å². The summed E-state index contributed by atoms with van der Waals surface area (Å²) in [6, 6.07) is 0. The molecule has 0 amide bonds. The molecule has 1 fully saturated rings. The number of rotatable bonds is 5. The molecule has 122 valence electrons. The van der Waals surface area contributed by atoms with Crippen LogP contribution < -0.4 is 0 Å². The summed E-state index contributed by atoms with van der Waals surface area (Å²) in [5.74, 6) is -2.25. The van der Waals surface area contributed by atoms with Gasteiger partial charge in [0.25, 0.3) is 0 Å². The predicted octanol–water partition coefficient (Wildman–Crippen LogP) is -0.234. The Morgan fingerprint density at radius 3 is 2.05 bits per heavy atom. The van der Waals surface area contributed by atoms with Crippen molar-refractivity contribution in [3.63, 3.8) is 0 Å². The highest BCUT2D eigenvalue weighted by molar-refractivity contribution is 5.68. The lowest BCUT2D eigenvalue weighted by atomic mass is 10.1. The van der Waals surface area contributed by atoms with E-state index in [1.54, 1.807) is 0 Å². The van der Waals surface area contributed by atoms with Gasteiger partial charge in [-0.2, -0.15) is 0 Å². The Labute approximate surface area is 124 Å². The van der Waals surface area contributed by atoms with Gasteiger partial charge in [-0.15, -0.1) is 0 Å². The van der Waals surface area contributed by atoms with E-state index in [4.69, 9.17) is 24.5 Å². The molecule has 22 heavy (non-hydrogen) atoms. The predicted molar refractivity (Wildman–Crippen MR) is 66.7 cm³/mol. The number of hydrogen-bond donors (Lipinski definition) is 1. The summed E-state index contributed by atoms with van der Waals surface area (Å²) in [6.07, 6.45) is -7.15. The van der Waals surface area contributed by atoms with E-state index in [0.29, 0.717) is 0 Å². The standard InChI is InChI=1S/C11H15N3O8/c1-4(15)19-7-8(10(18)13-14-12)22-11(21-6(3)17)9(7)20-5(2)16/h7-11,18H,1-3H3/t7-,8+,9+,10?,11+/m1/s1. The number of aliphatic hydroxyl groups is 1. The Morgan fingerprint density at radius 2 is 1.59 bits per heavy atom. The van der Waals surface area contributed by atoms with Crippen molar-refractivity contribution < 1.29 is 38.4 Å². The molecule has 0 aromatic rings. The van der Waals surface area contributed by atoms with E-state index in [-0.39, 0.29) is 0 Å². The second kappa shape index (κ2) is 7.59. The highest BCUT2D eigenvalue weighted by Gasteiger charge is 2.53. The molecule has 0 saturated carbocycles. The molecule has 0 radical (unpaired) electrons. The largest absolute Gasteiger partial charge is 0.455 e. The molecular formula is C11H15N3O8. The molecule has 1 unspecified atom stereocenters. The number of azide groups is 1. The van der Waals surface area contributed by atoms with Crippen molar-refractivity contribution in [2.24, 2.45) is 5.11 Å². The fourth-order valence-corrected chi connectivity index (χ4v) is 1.91. The van der Waals surface area contributed by atoms with Crippen LogP contribution in [0.3, 0.4) is 0 Å². The Bertz CT molecular complexity index is 504. The lowest BCUT2D eigenvalue weighted by Crippen LogP contribution is -2.43. The van der Waals surface area contributed by atoms with Crippen LogP contribution >= 0.6 is 0 Å². The zero-order valence-corrected chi connectivity index (χ0v) is 12.0. The smallest absolute Gasteiger partial charge is 0.305 e. The van der Waals surface area contributed by atoms with Gasteiger partial charge in [-0.25, -0.2) is 0 Å². The van der Waals surface area contributed by atoms with E-state index in [0.717, 1.165) is 20.8 Å². The molecule has 0 spiro atoms. The summed E-state index contributed by atoms with van der Waals surface area (Å²) in [5, 5.41) is 12.7. The summed E-state index contributed by atoms with van der Waals surface area (Å²) < 4.78 is 19.9. The van der Waals surface area contributed by atoms with Crippen LogP contribution in [0.4, 0.5) is 0 Å². The van der Waals surface area contributed by atoms with Gasteiger partial charge in [-0.05, 0) is 5.53 Å². The molecule has 1 aliphatic heterocycles. The third-order valence-corrected chi connectivity index (χ3v) is 2.56. The summed E-state index contributed by atoms with van der Waals surface area (Å²) in [5.41, 5.74) is 8.35. The first-order chi connectivity index (χ1) is 10.3. The van der Waals surface area contributed by atoms with Crippen molar-refractivity contribution in [2.75, 3.05) is 0 Å². The second-order valence-corrected chi connectivity index (χ2v) is 4.35. The lowest BCUT2D eigenvalue weighted by molar-refractivity contribution is -0.198. The van der Waals surface area contributed by atoms with Crippen LogP contribution in [0.5, 0.6) is 0 Å². The number of ether oxygens (including phenoxy) is 4. The SMILES string of the molecule is CC(=O)O[C@H]1O[C@H](C(O)N=[N+]=[N-])[C@@H](OC(C)=O)[C@@H]1OC(C)=O. The highest BCUT2D eigenvalue weighted by Crippen LogP contribution is 2.30. The first-order valence-electron chi connectivity index (χ1n) is 6.15. The average Bonchev–Trinajstić information content (AvgIpc) is 2.67. The molecule has 1 aliphatic rings. The molecule has 1 heterocycles. The van der Waals surface area contributed by atoms with Gasteiger partial charge in [0.2, 0.25) is 12.4 Å². The number of carbonyl (C=O) groups is 3. The molecule has 0 aliphatic carbocycles. The minimum atomic E-state index is -1.74. The maximum atomic E-state index is 11.2. The van der Waals surface area contributed by atoms with Crippen molar-refractivity contribution >= 4 is 17.9 Å². The van der Waals surface area contributed by atoms with Gasteiger partial charge in [0.1, 0.15) is 6.10 Å². The Kier molecular flexibility index (Phi) is 6.11. The fraction of sp³-hybridized carbons (Fsp3) is 0.727. The van der Waals surface area contributed by atoms with Crippen LogP contribution in [-0.2, 0) is 33.3 Å². The average molecular weight is 317 g/mol. The van der Waals surface area contributed by atoms with Crippen molar-refractivity contribution in [3.8, 4) is 0 Å². The van der Waals surface area contributed by atoms with Crippen LogP contribution in [-0.4, -0.2) is 53.8 Å². The minimum absolute atomic E-state index is 0.748. The van der Waals surface area contributed by atoms with E-state index >= 15 is 0 Å². The maximum absolute atomic E-state index is 11.2. The number of esters is 3. The third-order valence-electron chi connectivity index (χ3n) is 2.56. The van der Waals surface area contributed by atoms with Gasteiger partial charge in [0.15, 0.2) is 12.3 Å². The van der Waals surface area contributed by atoms with Crippen molar-refractivity contribution in [1.82, 2.24) is 0 Å². The topological polar surface area (TPSA) is 157 Å². The molecule has 11 nitrogen and oxygen atoms in total. The van der Waals surface area contributed by atoms with Crippen LogP contribution in [0.1, 0.15) is 20.8 Å². The molecule has 0 aromatic carbocycles. The molecule has 1 rings (SSSR count). The van der Waals surface area contributed by atoms with Gasteiger partial charge in [0, 0.05) is 25.7 Å².